The van der Waals surface area contributed by atoms with Crippen LogP contribution in [0.5, 0.6) is 5.75 Å². The number of benzene rings is 2. The van der Waals surface area contributed by atoms with Gasteiger partial charge in [-0.1, -0.05) is 56.0 Å². The summed E-state index contributed by atoms with van der Waals surface area (Å²) in [7, 11) is 1.36. The first-order valence-electron chi connectivity index (χ1n) is 11.4. The highest BCUT2D eigenvalue weighted by Crippen LogP contribution is 2.30. The quantitative estimate of drug-likeness (QED) is 0.295. The van der Waals surface area contributed by atoms with Gasteiger partial charge in [0.1, 0.15) is 11.6 Å². The Morgan fingerprint density at radius 1 is 1.14 bits per heavy atom. The summed E-state index contributed by atoms with van der Waals surface area (Å²) in [6.45, 7) is 5.70. The maximum atomic E-state index is 13.1. The molecule has 1 aromatic heterocycles. The van der Waals surface area contributed by atoms with Crippen LogP contribution in [0.1, 0.15) is 57.9 Å². The lowest BCUT2D eigenvalue weighted by Gasteiger charge is -2.23. The Balaban J connectivity index is 1.99. The average Bonchev–Trinajstić information content (AvgIpc) is 2.89. The van der Waals surface area contributed by atoms with Gasteiger partial charge in [-0.15, -0.1) is 0 Å². The summed E-state index contributed by atoms with van der Waals surface area (Å²) in [4.78, 5) is 43.1. The number of halogens is 1. The summed E-state index contributed by atoms with van der Waals surface area (Å²) in [5, 5.41) is 23.3. The smallest absolute Gasteiger partial charge is 0.296 e. The van der Waals surface area contributed by atoms with Crippen LogP contribution in [0, 0.1) is 5.82 Å². The lowest BCUT2D eigenvalue weighted by Crippen LogP contribution is -2.32. The second kappa shape index (κ2) is 11.5. The molecule has 9 heteroatoms. The van der Waals surface area contributed by atoms with Gasteiger partial charge in [-0.05, 0) is 30.5 Å². The molecule has 3 aromatic rings. The molecule has 2 atom stereocenters. The molecular weight excluding hydrogens is 465 g/mol. The van der Waals surface area contributed by atoms with Gasteiger partial charge >= 0.3 is 0 Å². The normalized spacial score (nSPS) is 12.6. The lowest BCUT2D eigenvalue weighted by atomic mass is 9.87. The van der Waals surface area contributed by atoms with E-state index in [1.807, 2.05) is 0 Å². The molecule has 0 saturated heterocycles. The number of amides is 1. The van der Waals surface area contributed by atoms with Crippen LogP contribution in [0.15, 0.2) is 71.5 Å². The van der Waals surface area contributed by atoms with Crippen molar-refractivity contribution < 1.29 is 24.2 Å². The molecule has 0 aliphatic carbocycles. The molecule has 0 fully saturated rings. The molecule has 0 aliphatic rings. The molecule has 0 unspecified atom stereocenters. The van der Waals surface area contributed by atoms with Gasteiger partial charge < -0.3 is 15.5 Å². The highest BCUT2D eigenvalue weighted by Gasteiger charge is 2.30. The number of carbonyl (C=O) groups excluding carboxylic acids is 2. The van der Waals surface area contributed by atoms with E-state index in [9.17, 15) is 29.0 Å². The Bertz CT molecular complexity index is 1320. The Morgan fingerprint density at radius 2 is 1.78 bits per heavy atom. The molecule has 1 amide bonds. The minimum Gasteiger partial charge on any atom is -0.501 e. The number of hydrogen-bond acceptors (Lipinski definition) is 6. The predicted octanol–water partition coefficient (Wildman–Crippen LogP) is 3.24. The monoisotopic (exact) mass is 493 g/mol. The number of aromatic hydroxyl groups is 1. The van der Waals surface area contributed by atoms with Crippen molar-refractivity contribution in [1.29, 1.82) is 0 Å². The van der Waals surface area contributed by atoms with E-state index in [1.165, 1.54) is 31.3 Å². The second-order valence-electron chi connectivity index (χ2n) is 8.41. The number of ketones is 1. The van der Waals surface area contributed by atoms with E-state index in [4.69, 9.17) is 0 Å². The highest BCUT2D eigenvalue weighted by atomic mass is 19.1. The number of Topliss-reactive ketones (excluding diaryl/α,β-unsaturated/α-hetero) is 1. The molecule has 188 valence electrons. The van der Waals surface area contributed by atoms with Gasteiger partial charge in [0, 0.05) is 30.6 Å². The van der Waals surface area contributed by atoms with Crippen LogP contribution in [0.2, 0.25) is 0 Å². The van der Waals surface area contributed by atoms with Gasteiger partial charge in [0.25, 0.3) is 11.5 Å². The first-order valence-corrected chi connectivity index (χ1v) is 11.4. The summed E-state index contributed by atoms with van der Waals surface area (Å²) < 4.78 is 14.2. The molecule has 0 bridgehead atoms. The zero-order chi connectivity index (χ0) is 26.4. The highest BCUT2D eigenvalue weighted by molar-refractivity contribution is 6.09. The number of nitrogens with zero attached hydrogens (tertiary/aromatic N) is 2. The van der Waals surface area contributed by atoms with Crippen LogP contribution in [-0.4, -0.2) is 37.6 Å². The number of aliphatic hydroxyl groups is 1. The van der Waals surface area contributed by atoms with Crippen LogP contribution in [0.4, 0.5) is 4.39 Å². The Kier molecular flexibility index (Phi) is 8.50. The summed E-state index contributed by atoms with van der Waals surface area (Å²) in [5.41, 5.74) is -0.354. The van der Waals surface area contributed by atoms with E-state index < -0.39 is 46.5 Å². The molecule has 0 saturated carbocycles. The number of allylic oxidation sites excluding steroid dienone is 1. The predicted molar refractivity (Wildman–Crippen MR) is 132 cm³/mol. The third-order valence-corrected chi connectivity index (χ3v) is 5.92. The van der Waals surface area contributed by atoms with Crippen LogP contribution in [0.25, 0.3) is 0 Å². The standard InChI is InChI=1S/C27H28FN3O5/c1-4-20(32)14-21(16(2)23(33)18-8-6-5-7-9-18)25-30-22(24(34)27(36)31(25)3)26(35)29-15-17-10-12-19(28)13-11-17/h5-13,20-21,32,34H,2,4,14-15H2,1,3H3,(H,29,35)/t20-,21+/m0/s1. The molecule has 3 N–H and O–H groups in total. The number of hydrogen-bond donors (Lipinski definition) is 3. The number of aliphatic hydroxyl groups excluding tert-OH is 1. The zero-order valence-corrected chi connectivity index (χ0v) is 20.1. The maximum Gasteiger partial charge on any atom is 0.296 e. The van der Waals surface area contributed by atoms with Crippen molar-refractivity contribution >= 4 is 11.7 Å². The third-order valence-electron chi connectivity index (χ3n) is 5.92. The fourth-order valence-electron chi connectivity index (χ4n) is 3.72. The van der Waals surface area contributed by atoms with Gasteiger partial charge in [-0.25, -0.2) is 9.37 Å². The lowest BCUT2D eigenvalue weighted by molar-refractivity contribution is 0.0941. The SMILES string of the molecule is C=C(C(=O)c1ccccc1)[C@@H](C[C@@H](O)CC)c1nc(C(=O)NCc2ccc(F)cc2)c(O)c(=O)n1C. The van der Waals surface area contributed by atoms with Crippen molar-refractivity contribution in [2.24, 2.45) is 7.05 Å². The van der Waals surface area contributed by atoms with Crippen LogP contribution in [0.3, 0.4) is 0 Å². The summed E-state index contributed by atoms with van der Waals surface area (Å²) in [6.07, 6.45) is -0.438. The fourth-order valence-corrected chi connectivity index (χ4v) is 3.72. The first kappa shape index (κ1) is 26.5. The molecule has 3 rings (SSSR count). The van der Waals surface area contributed by atoms with E-state index in [1.54, 1.807) is 37.3 Å². The molecular formula is C27H28FN3O5. The van der Waals surface area contributed by atoms with Crippen molar-refractivity contribution in [1.82, 2.24) is 14.9 Å². The fraction of sp³-hybridized carbons (Fsp3) is 0.259. The number of carbonyl (C=O) groups is 2. The Morgan fingerprint density at radius 3 is 2.39 bits per heavy atom. The molecule has 0 aliphatic heterocycles. The molecule has 36 heavy (non-hydrogen) atoms. The Hall–Kier alpha value is -4.11. The first-order chi connectivity index (χ1) is 17.1. The van der Waals surface area contributed by atoms with Crippen LogP contribution < -0.4 is 10.9 Å². The second-order valence-corrected chi connectivity index (χ2v) is 8.41. The van der Waals surface area contributed by atoms with E-state index in [0.717, 1.165) is 4.57 Å². The van der Waals surface area contributed by atoms with Crippen LogP contribution >= 0.6 is 0 Å². The molecule has 1 heterocycles. The topological polar surface area (TPSA) is 122 Å². The minimum atomic E-state index is -0.908. The van der Waals surface area contributed by atoms with E-state index >= 15 is 0 Å². The number of nitrogens with one attached hydrogen (secondary N) is 1. The molecule has 0 radical (unpaired) electrons. The van der Waals surface area contributed by atoms with Gasteiger partial charge in [-0.3, -0.25) is 19.0 Å². The Labute approximate surface area is 207 Å². The van der Waals surface area contributed by atoms with Gasteiger partial charge in [0.15, 0.2) is 11.5 Å². The molecule has 8 nitrogen and oxygen atoms in total. The number of rotatable bonds is 10. The zero-order valence-electron chi connectivity index (χ0n) is 20.1. The number of aromatic nitrogens is 2. The minimum absolute atomic E-state index is 0.00194. The summed E-state index contributed by atoms with van der Waals surface area (Å²) in [5.74, 6) is -3.40. The van der Waals surface area contributed by atoms with Gasteiger partial charge in [0.05, 0.1) is 6.10 Å². The van der Waals surface area contributed by atoms with Crippen molar-refractivity contribution in [3.63, 3.8) is 0 Å². The summed E-state index contributed by atoms with van der Waals surface area (Å²) in [6, 6.07) is 13.9. The van der Waals surface area contributed by atoms with E-state index in [0.29, 0.717) is 17.5 Å². The van der Waals surface area contributed by atoms with Gasteiger partial charge in [-0.2, -0.15) is 0 Å². The van der Waals surface area contributed by atoms with Gasteiger partial charge in [0.2, 0.25) is 5.75 Å². The van der Waals surface area contributed by atoms with E-state index in [2.05, 4.69) is 16.9 Å². The average molecular weight is 494 g/mol. The van der Waals surface area contributed by atoms with Crippen molar-refractivity contribution in [2.45, 2.75) is 38.3 Å². The van der Waals surface area contributed by atoms with Crippen molar-refractivity contribution in [3.05, 3.63) is 106 Å². The largest absolute Gasteiger partial charge is 0.501 e. The summed E-state index contributed by atoms with van der Waals surface area (Å²) >= 11 is 0. The third kappa shape index (κ3) is 5.92. The molecule has 0 spiro atoms. The van der Waals surface area contributed by atoms with Crippen LogP contribution in [-0.2, 0) is 13.6 Å². The van der Waals surface area contributed by atoms with Crippen molar-refractivity contribution in [3.8, 4) is 5.75 Å². The maximum absolute atomic E-state index is 13.1. The molecule has 2 aromatic carbocycles. The van der Waals surface area contributed by atoms with E-state index in [-0.39, 0.29) is 24.4 Å². The van der Waals surface area contributed by atoms with Crippen molar-refractivity contribution in [2.75, 3.05) is 0 Å².